The highest BCUT2D eigenvalue weighted by Crippen LogP contribution is 2.23. The number of nitrogens with zero attached hydrogens (tertiary/aromatic N) is 4. The number of hydrogen-bond donors (Lipinski definition) is 1. The van der Waals surface area contributed by atoms with E-state index in [0.717, 1.165) is 27.3 Å². The fraction of sp³-hybridized carbons (Fsp3) is 0.364. The second kappa shape index (κ2) is 4.99. The first-order chi connectivity index (χ1) is 8.17. The van der Waals surface area contributed by atoms with Crippen molar-refractivity contribution in [2.24, 2.45) is 0 Å². The minimum Gasteiger partial charge on any atom is -0.372 e. The quantitative estimate of drug-likeness (QED) is 0.869. The third-order valence-corrected chi connectivity index (χ3v) is 3.79. The van der Waals surface area contributed by atoms with Gasteiger partial charge in [0.1, 0.15) is 11.5 Å². The first kappa shape index (κ1) is 12.3. The van der Waals surface area contributed by atoms with Crippen molar-refractivity contribution in [2.45, 2.75) is 20.4 Å². The average molecular weight is 343 g/mol. The molecule has 0 unspecified atom stereocenters. The lowest BCUT2D eigenvalue weighted by atomic mass is 10.3. The number of anilines is 1. The summed E-state index contributed by atoms with van der Waals surface area (Å²) in [7, 11) is 1.87. The predicted octanol–water partition coefficient (Wildman–Crippen LogP) is 2.31. The van der Waals surface area contributed by atoms with E-state index in [9.17, 15) is 0 Å². The third kappa shape index (κ3) is 2.26. The van der Waals surface area contributed by atoms with Gasteiger partial charge < -0.3 is 5.32 Å². The van der Waals surface area contributed by atoms with Crippen LogP contribution in [0.25, 0.3) is 11.5 Å². The van der Waals surface area contributed by atoms with E-state index in [1.54, 1.807) is 6.20 Å². The molecule has 2 heterocycles. The van der Waals surface area contributed by atoms with Crippen molar-refractivity contribution in [1.82, 2.24) is 19.7 Å². The summed E-state index contributed by atoms with van der Waals surface area (Å²) < 4.78 is 2.94. The van der Waals surface area contributed by atoms with Gasteiger partial charge in [-0.2, -0.15) is 5.10 Å². The highest BCUT2D eigenvalue weighted by Gasteiger charge is 2.12. The van der Waals surface area contributed by atoms with Gasteiger partial charge in [0.15, 0.2) is 5.82 Å². The Labute approximate surface area is 114 Å². The first-order valence-electron chi connectivity index (χ1n) is 5.41. The fourth-order valence-corrected chi connectivity index (χ4v) is 2.12. The SMILES string of the molecule is CCn1nccc1-c1nc(C)c(I)c(NC)n1. The van der Waals surface area contributed by atoms with Crippen molar-refractivity contribution in [3.05, 3.63) is 21.5 Å². The molecular weight excluding hydrogens is 329 g/mol. The molecule has 0 aromatic carbocycles. The Hall–Kier alpha value is -1.18. The molecule has 2 aromatic rings. The molecule has 90 valence electrons. The molecule has 0 amide bonds. The van der Waals surface area contributed by atoms with Crippen molar-refractivity contribution in [3.8, 4) is 11.5 Å². The molecule has 6 heteroatoms. The van der Waals surface area contributed by atoms with Crippen LogP contribution in [0.4, 0.5) is 5.82 Å². The number of halogens is 1. The molecule has 0 aliphatic heterocycles. The maximum atomic E-state index is 4.51. The fourth-order valence-electron chi connectivity index (χ4n) is 1.61. The van der Waals surface area contributed by atoms with Crippen molar-refractivity contribution in [1.29, 1.82) is 0 Å². The largest absolute Gasteiger partial charge is 0.372 e. The second-order valence-corrected chi connectivity index (χ2v) is 4.66. The minimum atomic E-state index is 0.714. The van der Waals surface area contributed by atoms with Gasteiger partial charge in [0, 0.05) is 19.8 Å². The Morgan fingerprint density at radius 2 is 2.18 bits per heavy atom. The van der Waals surface area contributed by atoms with E-state index in [2.05, 4.69) is 49.9 Å². The Morgan fingerprint density at radius 1 is 1.41 bits per heavy atom. The molecule has 0 fully saturated rings. The van der Waals surface area contributed by atoms with Crippen LogP contribution in [0.5, 0.6) is 0 Å². The Kier molecular flexibility index (Phi) is 3.60. The van der Waals surface area contributed by atoms with E-state index >= 15 is 0 Å². The van der Waals surface area contributed by atoms with Gasteiger partial charge in [0.05, 0.1) is 9.26 Å². The van der Waals surface area contributed by atoms with Gasteiger partial charge in [-0.1, -0.05) is 0 Å². The van der Waals surface area contributed by atoms with Crippen LogP contribution in [0.3, 0.4) is 0 Å². The number of aryl methyl sites for hydroxylation is 2. The van der Waals surface area contributed by atoms with Crippen LogP contribution >= 0.6 is 22.6 Å². The zero-order valence-electron chi connectivity index (χ0n) is 10.0. The topological polar surface area (TPSA) is 55.6 Å². The van der Waals surface area contributed by atoms with Gasteiger partial charge in [-0.3, -0.25) is 4.68 Å². The lowest BCUT2D eigenvalue weighted by Crippen LogP contribution is -2.06. The molecule has 0 saturated carbocycles. The third-order valence-electron chi connectivity index (χ3n) is 2.50. The van der Waals surface area contributed by atoms with E-state index in [1.165, 1.54) is 0 Å². The molecule has 0 aliphatic rings. The molecule has 5 nitrogen and oxygen atoms in total. The molecule has 0 aliphatic carbocycles. The van der Waals surface area contributed by atoms with Crippen molar-refractivity contribution >= 4 is 28.4 Å². The van der Waals surface area contributed by atoms with Gasteiger partial charge in [-0.05, 0) is 42.5 Å². The number of hydrogen-bond acceptors (Lipinski definition) is 4. The Balaban J connectivity index is 2.57. The summed E-state index contributed by atoms with van der Waals surface area (Å²) in [6.07, 6.45) is 1.77. The van der Waals surface area contributed by atoms with E-state index < -0.39 is 0 Å². The summed E-state index contributed by atoms with van der Waals surface area (Å²) in [5, 5.41) is 7.32. The van der Waals surface area contributed by atoms with Gasteiger partial charge in [-0.15, -0.1) is 0 Å². The maximum absolute atomic E-state index is 4.51. The molecule has 0 saturated heterocycles. The number of rotatable bonds is 3. The number of aromatic nitrogens is 4. The van der Waals surface area contributed by atoms with Crippen molar-refractivity contribution in [2.75, 3.05) is 12.4 Å². The molecule has 0 spiro atoms. The second-order valence-electron chi connectivity index (χ2n) is 3.58. The number of nitrogens with one attached hydrogen (secondary N) is 1. The summed E-state index contributed by atoms with van der Waals surface area (Å²) in [6, 6.07) is 1.94. The standard InChI is InChI=1S/C11H14IN5/c1-4-17-8(5-6-14-17)10-15-7(2)9(12)11(13-3)16-10/h5-6H,4H2,1-3H3,(H,13,15,16). The molecule has 0 atom stereocenters. The van der Waals surface area contributed by atoms with E-state index in [1.807, 2.05) is 24.7 Å². The van der Waals surface area contributed by atoms with Crippen LogP contribution in [0, 0.1) is 10.5 Å². The monoisotopic (exact) mass is 343 g/mol. The smallest absolute Gasteiger partial charge is 0.180 e. The van der Waals surface area contributed by atoms with Crippen molar-refractivity contribution < 1.29 is 0 Å². The zero-order valence-corrected chi connectivity index (χ0v) is 12.2. The molecule has 2 aromatic heterocycles. The van der Waals surface area contributed by atoms with E-state index in [0.29, 0.717) is 5.82 Å². The van der Waals surface area contributed by atoms with Gasteiger partial charge in [-0.25, -0.2) is 9.97 Å². The maximum Gasteiger partial charge on any atom is 0.180 e. The molecule has 1 N–H and O–H groups in total. The summed E-state index contributed by atoms with van der Waals surface area (Å²) in [5.74, 6) is 1.57. The van der Waals surface area contributed by atoms with E-state index in [-0.39, 0.29) is 0 Å². The van der Waals surface area contributed by atoms with Crippen LogP contribution in [0.2, 0.25) is 0 Å². The summed E-state index contributed by atoms with van der Waals surface area (Å²) in [4.78, 5) is 9.03. The average Bonchev–Trinajstić information content (AvgIpc) is 2.80. The van der Waals surface area contributed by atoms with Gasteiger partial charge in [0.25, 0.3) is 0 Å². The summed E-state index contributed by atoms with van der Waals surface area (Å²) in [6.45, 7) is 4.85. The molecule has 0 radical (unpaired) electrons. The minimum absolute atomic E-state index is 0.714. The van der Waals surface area contributed by atoms with Crippen LogP contribution in [-0.2, 0) is 6.54 Å². The van der Waals surface area contributed by atoms with Crippen LogP contribution in [0.15, 0.2) is 12.3 Å². The zero-order chi connectivity index (χ0) is 12.4. The van der Waals surface area contributed by atoms with Crippen LogP contribution in [0.1, 0.15) is 12.6 Å². The summed E-state index contributed by atoms with van der Waals surface area (Å²) >= 11 is 2.25. The van der Waals surface area contributed by atoms with E-state index in [4.69, 9.17) is 0 Å². The Bertz CT molecular complexity index is 535. The first-order valence-corrected chi connectivity index (χ1v) is 6.49. The van der Waals surface area contributed by atoms with Crippen LogP contribution in [-0.4, -0.2) is 26.8 Å². The highest BCUT2D eigenvalue weighted by atomic mass is 127. The molecule has 2 rings (SSSR count). The molecule has 0 bridgehead atoms. The van der Waals surface area contributed by atoms with Gasteiger partial charge >= 0.3 is 0 Å². The predicted molar refractivity (Wildman–Crippen MR) is 75.9 cm³/mol. The normalized spacial score (nSPS) is 10.6. The van der Waals surface area contributed by atoms with Gasteiger partial charge in [0.2, 0.25) is 0 Å². The molecule has 17 heavy (non-hydrogen) atoms. The lowest BCUT2D eigenvalue weighted by Gasteiger charge is -2.09. The van der Waals surface area contributed by atoms with Crippen molar-refractivity contribution in [3.63, 3.8) is 0 Å². The Morgan fingerprint density at radius 3 is 2.82 bits per heavy atom. The highest BCUT2D eigenvalue weighted by molar-refractivity contribution is 14.1. The molecular formula is C11H14IN5. The lowest BCUT2D eigenvalue weighted by molar-refractivity contribution is 0.663. The van der Waals surface area contributed by atoms with Crippen LogP contribution < -0.4 is 5.32 Å². The summed E-state index contributed by atoms with van der Waals surface area (Å²) in [5.41, 5.74) is 1.92.